The van der Waals surface area contributed by atoms with Crippen LogP contribution in [0, 0.1) is 0 Å². The molecule has 1 aromatic carbocycles. The highest BCUT2D eigenvalue weighted by Crippen LogP contribution is 2.27. The van der Waals surface area contributed by atoms with Crippen molar-refractivity contribution in [2.45, 2.75) is 39.2 Å². The Hall–Kier alpha value is -0.0500. The van der Waals surface area contributed by atoms with Crippen molar-refractivity contribution in [3.63, 3.8) is 0 Å². The number of benzene rings is 1. The summed E-state index contributed by atoms with van der Waals surface area (Å²) in [4.78, 5) is 0. The lowest BCUT2D eigenvalue weighted by Crippen LogP contribution is -2.21. The average molecular weight is 305 g/mol. The molecular weight excluding hydrogens is 286 g/mol. The molecule has 0 radical (unpaired) electrons. The van der Waals surface area contributed by atoms with E-state index in [1.807, 2.05) is 6.07 Å². The molecule has 0 aromatic heterocycles. The van der Waals surface area contributed by atoms with Gasteiger partial charge in [-0.2, -0.15) is 0 Å². The summed E-state index contributed by atoms with van der Waals surface area (Å²) in [6.45, 7) is 5.46. The highest BCUT2D eigenvalue weighted by molar-refractivity contribution is 9.10. The molecule has 0 aliphatic heterocycles. The van der Waals surface area contributed by atoms with Crippen molar-refractivity contribution in [2.24, 2.45) is 0 Å². The third-order valence-corrected chi connectivity index (χ3v) is 3.78. The fourth-order valence-corrected chi connectivity index (χ4v) is 2.24. The van der Waals surface area contributed by atoms with E-state index in [0.29, 0.717) is 6.04 Å². The Kier molecular flexibility index (Phi) is 6.40. The van der Waals surface area contributed by atoms with Crippen LogP contribution in [0.5, 0.6) is 0 Å². The third kappa shape index (κ3) is 4.08. The topological polar surface area (TPSA) is 12.0 Å². The van der Waals surface area contributed by atoms with Gasteiger partial charge in [0.25, 0.3) is 0 Å². The number of hydrogen-bond acceptors (Lipinski definition) is 1. The summed E-state index contributed by atoms with van der Waals surface area (Å²) < 4.78 is 0.978. The molecule has 1 unspecified atom stereocenters. The zero-order valence-electron chi connectivity index (χ0n) is 9.89. The first-order chi connectivity index (χ1) is 7.69. The Morgan fingerprint density at radius 2 is 2.06 bits per heavy atom. The van der Waals surface area contributed by atoms with Crippen molar-refractivity contribution in [2.75, 3.05) is 6.54 Å². The Morgan fingerprint density at radius 3 is 2.62 bits per heavy atom. The minimum atomic E-state index is 0.443. The van der Waals surface area contributed by atoms with Gasteiger partial charge in [-0.15, -0.1) is 0 Å². The van der Waals surface area contributed by atoms with Gasteiger partial charge in [-0.25, -0.2) is 0 Å². The molecule has 1 rings (SSSR count). The molecule has 0 heterocycles. The van der Waals surface area contributed by atoms with Gasteiger partial charge in [-0.1, -0.05) is 37.9 Å². The van der Waals surface area contributed by atoms with Crippen LogP contribution in [0.2, 0.25) is 5.02 Å². The molecular formula is C13H19BrClN. The summed E-state index contributed by atoms with van der Waals surface area (Å²) >= 11 is 9.47. The molecule has 1 N–H and O–H groups in total. The largest absolute Gasteiger partial charge is 0.310 e. The van der Waals surface area contributed by atoms with Crippen LogP contribution < -0.4 is 5.32 Å². The zero-order chi connectivity index (χ0) is 12.0. The Labute approximate surface area is 112 Å². The van der Waals surface area contributed by atoms with Gasteiger partial charge in [0.2, 0.25) is 0 Å². The predicted molar refractivity (Wildman–Crippen MR) is 75.1 cm³/mol. The van der Waals surface area contributed by atoms with Crippen molar-refractivity contribution in [1.29, 1.82) is 0 Å². The van der Waals surface area contributed by atoms with Crippen LogP contribution in [0.3, 0.4) is 0 Å². The van der Waals surface area contributed by atoms with Crippen molar-refractivity contribution in [3.8, 4) is 0 Å². The van der Waals surface area contributed by atoms with Crippen LogP contribution in [-0.4, -0.2) is 6.54 Å². The SMILES string of the molecule is CCCNC(CCC)c1ccc(Cl)c(Br)c1. The summed E-state index contributed by atoms with van der Waals surface area (Å²) in [5.74, 6) is 0. The molecule has 0 saturated heterocycles. The number of hydrogen-bond donors (Lipinski definition) is 1. The quantitative estimate of drug-likeness (QED) is 0.784. The van der Waals surface area contributed by atoms with Gasteiger partial charge in [0.1, 0.15) is 0 Å². The van der Waals surface area contributed by atoms with Crippen molar-refractivity contribution in [1.82, 2.24) is 5.32 Å². The van der Waals surface area contributed by atoms with E-state index < -0.39 is 0 Å². The van der Waals surface area contributed by atoms with Gasteiger partial charge >= 0.3 is 0 Å². The van der Waals surface area contributed by atoms with Gasteiger partial charge in [0, 0.05) is 10.5 Å². The first kappa shape index (κ1) is 14.0. The zero-order valence-corrected chi connectivity index (χ0v) is 12.2. The Balaban J connectivity index is 2.78. The Morgan fingerprint density at radius 1 is 1.31 bits per heavy atom. The van der Waals surface area contributed by atoms with E-state index in [4.69, 9.17) is 11.6 Å². The summed E-state index contributed by atoms with van der Waals surface area (Å²) in [6, 6.07) is 6.62. The first-order valence-electron chi connectivity index (χ1n) is 5.87. The molecule has 0 fully saturated rings. The molecule has 0 amide bonds. The first-order valence-corrected chi connectivity index (χ1v) is 7.04. The monoisotopic (exact) mass is 303 g/mol. The van der Waals surface area contributed by atoms with Crippen molar-refractivity contribution >= 4 is 27.5 Å². The normalized spacial score (nSPS) is 12.8. The van der Waals surface area contributed by atoms with Gasteiger partial charge in [-0.05, 0) is 53.0 Å². The smallest absolute Gasteiger partial charge is 0.0548 e. The molecule has 1 atom stereocenters. The van der Waals surface area contributed by atoms with E-state index in [1.165, 1.54) is 12.0 Å². The fraction of sp³-hybridized carbons (Fsp3) is 0.538. The molecule has 16 heavy (non-hydrogen) atoms. The Bertz CT molecular complexity index is 328. The van der Waals surface area contributed by atoms with Crippen LogP contribution in [0.4, 0.5) is 0 Å². The van der Waals surface area contributed by atoms with Crippen LogP contribution >= 0.6 is 27.5 Å². The van der Waals surface area contributed by atoms with E-state index in [0.717, 1.165) is 28.9 Å². The van der Waals surface area contributed by atoms with Crippen LogP contribution in [0.15, 0.2) is 22.7 Å². The molecule has 1 aromatic rings. The second kappa shape index (κ2) is 7.31. The van der Waals surface area contributed by atoms with Gasteiger partial charge in [-0.3, -0.25) is 0 Å². The van der Waals surface area contributed by atoms with Gasteiger partial charge in [0.15, 0.2) is 0 Å². The van der Waals surface area contributed by atoms with Crippen LogP contribution in [0.25, 0.3) is 0 Å². The summed E-state index contributed by atoms with van der Waals surface area (Å²) in [6.07, 6.45) is 3.50. The highest BCUT2D eigenvalue weighted by Gasteiger charge is 2.10. The van der Waals surface area contributed by atoms with E-state index in [-0.39, 0.29) is 0 Å². The van der Waals surface area contributed by atoms with Crippen LogP contribution in [0.1, 0.15) is 44.7 Å². The predicted octanol–water partition coefficient (Wildman–Crippen LogP) is 4.94. The maximum atomic E-state index is 6.00. The second-order valence-electron chi connectivity index (χ2n) is 3.97. The maximum absolute atomic E-state index is 6.00. The molecule has 0 aliphatic rings. The lowest BCUT2D eigenvalue weighted by molar-refractivity contribution is 0.494. The second-order valence-corrected chi connectivity index (χ2v) is 5.23. The van der Waals surface area contributed by atoms with Gasteiger partial charge in [0.05, 0.1) is 5.02 Å². The minimum Gasteiger partial charge on any atom is -0.310 e. The average Bonchev–Trinajstić information content (AvgIpc) is 2.28. The van der Waals surface area contributed by atoms with Gasteiger partial charge < -0.3 is 5.32 Å². The van der Waals surface area contributed by atoms with Crippen molar-refractivity contribution < 1.29 is 0 Å². The van der Waals surface area contributed by atoms with E-state index >= 15 is 0 Å². The fourth-order valence-electron chi connectivity index (χ4n) is 1.72. The number of halogens is 2. The molecule has 90 valence electrons. The number of rotatable bonds is 6. The molecule has 0 saturated carbocycles. The summed E-state index contributed by atoms with van der Waals surface area (Å²) in [7, 11) is 0. The lowest BCUT2D eigenvalue weighted by Gasteiger charge is -2.18. The third-order valence-electron chi connectivity index (χ3n) is 2.56. The summed E-state index contributed by atoms with van der Waals surface area (Å²) in [5.41, 5.74) is 1.31. The lowest BCUT2D eigenvalue weighted by atomic mass is 10.0. The molecule has 0 spiro atoms. The van der Waals surface area contributed by atoms with E-state index in [9.17, 15) is 0 Å². The maximum Gasteiger partial charge on any atom is 0.0548 e. The molecule has 3 heteroatoms. The van der Waals surface area contributed by atoms with Crippen molar-refractivity contribution in [3.05, 3.63) is 33.3 Å². The summed E-state index contributed by atoms with van der Waals surface area (Å²) in [5, 5.41) is 4.34. The molecule has 1 nitrogen and oxygen atoms in total. The van der Waals surface area contributed by atoms with E-state index in [1.54, 1.807) is 0 Å². The van der Waals surface area contributed by atoms with Crippen LogP contribution in [-0.2, 0) is 0 Å². The number of nitrogens with one attached hydrogen (secondary N) is 1. The minimum absolute atomic E-state index is 0.443. The highest BCUT2D eigenvalue weighted by atomic mass is 79.9. The standard InChI is InChI=1S/C13H19BrClN/c1-3-5-13(16-8-4-2)10-6-7-12(15)11(14)9-10/h6-7,9,13,16H,3-5,8H2,1-2H3. The molecule has 0 bridgehead atoms. The molecule has 0 aliphatic carbocycles. The van der Waals surface area contributed by atoms with E-state index in [2.05, 4.69) is 47.2 Å².